The fourth-order valence-corrected chi connectivity index (χ4v) is 2.10. The molecule has 0 fully saturated rings. The zero-order valence-corrected chi connectivity index (χ0v) is 11.0. The van der Waals surface area contributed by atoms with Crippen LogP contribution in [-0.2, 0) is 5.60 Å². The van der Waals surface area contributed by atoms with Crippen molar-refractivity contribution in [2.24, 2.45) is 5.92 Å². The van der Waals surface area contributed by atoms with Gasteiger partial charge in [0.05, 0.1) is 18.6 Å². The van der Waals surface area contributed by atoms with Gasteiger partial charge in [0.1, 0.15) is 5.75 Å². The number of benzene rings is 1. The maximum absolute atomic E-state index is 12.9. The van der Waals surface area contributed by atoms with E-state index >= 15 is 0 Å². The maximum atomic E-state index is 12.9. The molecule has 1 N–H and O–H groups in total. The highest BCUT2D eigenvalue weighted by molar-refractivity contribution is 5.31. The van der Waals surface area contributed by atoms with Crippen LogP contribution < -0.4 is 4.74 Å². The Kier molecular flexibility index (Phi) is 5.08. The predicted molar refractivity (Wildman–Crippen MR) is 67.0 cm³/mol. The van der Waals surface area contributed by atoms with Crippen LogP contribution in [0.1, 0.15) is 32.3 Å². The van der Waals surface area contributed by atoms with Crippen LogP contribution in [-0.4, -0.2) is 18.6 Å². The third kappa shape index (κ3) is 2.99. The van der Waals surface area contributed by atoms with Gasteiger partial charge in [-0.25, -0.2) is 8.78 Å². The highest BCUT2D eigenvalue weighted by Crippen LogP contribution is 2.38. The highest BCUT2D eigenvalue weighted by atomic mass is 19.3. The fourth-order valence-electron chi connectivity index (χ4n) is 2.10. The van der Waals surface area contributed by atoms with Crippen LogP contribution in [0.2, 0.25) is 0 Å². The van der Waals surface area contributed by atoms with Gasteiger partial charge in [-0.05, 0) is 24.1 Å². The molecule has 0 saturated carbocycles. The van der Waals surface area contributed by atoms with E-state index in [0.29, 0.717) is 24.2 Å². The van der Waals surface area contributed by atoms with Crippen LogP contribution in [0.25, 0.3) is 0 Å². The number of halogens is 2. The van der Waals surface area contributed by atoms with E-state index in [-0.39, 0.29) is 0 Å². The Hall–Kier alpha value is -1.16. The monoisotopic (exact) mass is 258 g/mol. The molecule has 0 aliphatic carbocycles. The van der Waals surface area contributed by atoms with Gasteiger partial charge in [0.25, 0.3) is 0 Å². The lowest BCUT2D eigenvalue weighted by molar-refractivity contribution is -0.0879. The van der Waals surface area contributed by atoms with Gasteiger partial charge in [0.15, 0.2) is 0 Å². The Bertz CT molecular complexity index is 365. The van der Waals surface area contributed by atoms with Crippen LogP contribution in [0.4, 0.5) is 8.78 Å². The Morgan fingerprint density at radius 2 is 1.83 bits per heavy atom. The van der Waals surface area contributed by atoms with Gasteiger partial charge < -0.3 is 9.84 Å². The first-order valence-electron chi connectivity index (χ1n) is 6.10. The summed E-state index contributed by atoms with van der Waals surface area (Å²) in [6.07, 6.45) is -1.60. The van der Waals surface area contributed by atoms with E-state index in [1.807, 2.05) is 6.92 Å². The standard InChI is InChI=1S/C14H20F2O2/c1-4-9-14(17,10(2)13(15)16)11-5-7-12(18-3)8-6-11/h5-8,10,13,17H,4,9H2,1-3H3. The second-order valence-corrected chi connectivity index (χ2v) is 4.53. The van der Waals surface area contributed by atoms with E-state index in [0.717, 1.165) is 0 Å². The molecule has 18 heavy (non-hydrogen) atoms. The quantitative estimate of drug-likeness (QED) is 0.845. The van der Waals surface area contributed by atoms with Crippen molar-refractivity contribution in [3.63, 3.8) is 0 Å². The Morgan fingerprint density at radius 3 is 2.22 bits per heavy atom. The summed E-state index contributed by atoms with van der Waals surface area (Å²) in [5.41, 5.74) is -0.979. The van der Waals surface area contributed by atoms with Gasteiger partial charge in [0, 0.05) is 0 Å². The number of alkyl halides is 2. The molecule has 0 heterocycles. The zero-order valence-electron chi connectivity index (χ0n) is 11.0. The molecular weight excluding hydrogens is 238 g/mol. The summed E-state index contributed by atoms with van der Waals surface area (Å²) >= 11 is 0. The van der Waals surface area contributed by atoms with E-state index in [9.17, 15) is 13.9 Å². The van der Waals surface area contributed by atoms with Crippen molar-refractivity contribution in [3.8, 4) is 5.75 Å². The average molecular weight is 258 g/mol. The topological polar surface area (TPSA) is 29.5 Å². The molecule has 2 unspecified atom stereocenters. The molecular formula is C14H20F2O2. The molecule has 1 aromatic carbocycles. The second-order valence-electron chi connectivity index (χ2n) is 4.53. The molecule has 0 aliphatic heterocycles. The molecule has 0 radical (unpaired) electrons. The van der Waals surface area contributed by atoms with Gasteiger partial charge in [-0.3, -0.25) is 0 Å². The van der Waals surface area contributed by atoms with Crippen molar-refractivity contribution in [1.29, 1.82) is 0 Å². The lowest BCUT2D eigenvalue weighted by Gasteiger charge is -2.34. The Labute approximate surface area is 107 Å². The average Bonchev–Trinajstić information content (AvgIpc) is 2.38. The summed E-state index contributed by atoms with van der Waals surface area (Å²) in [4.78, 5) is 0. The third-order valence-electron chi connectivity index (χ3n) is 3.35. The van der Waals surface area contributed by atoms with Crippen LogP contribution in [0, 0.1) is 5.92 Å². The number of hydrogen-bond donors (Lipinski definition) is 1. The van der Waals surface area contributed by atoms with Crippen molar-refractivity contribution < 1.29 is 18.6 Å². The molecule has 1 rings (SSSR count). The molecule has 0 spiro atoms. The minimum Gasteiger partial charge on any atom is -0.497 e. The third-order valence-corrected chi connectivity index (χ3v) is 3.35. The van der Waals surface area contributed by atoms with Gasteiger partial charge in [-0.1, -0.05) is 32.4 Å². The summed E-state index contributed by atoms with van der Waals surface area (Å²) in [6, 6.07) is 6.64. The summed E-state index contributed by atoms with van der Waals surface area (Å²) < 4.78 is 30.8. The zero-order chi connectivity index (χ0) is 13.8. The van der Waals surface area contributed by atoms with Crippen molar-refractivity contribution in [2.75, 3.05) is 7.11 Å². The van der Waals surface area contributed by atoms with E-state index < -0.39 is 17.9 Å². The van der Waals surface area contributed by atoms with Crippen molar-refractivity contribution in [3.05, 3.63) is 29.8 Å². The Morgan fingerprint density at radius 1 is 1.28 bits per heavy atom. The molecule has 1 aromatic rings. The molecule has 0 aliphatic rings. The number of methoxy groups -OCH3 is 1. The van der Waals surface area contributed by atoms with Crippen molar-refractivity contribution in [2.45, 2.75) is 38.7 Å². The molecule has 2 nitrogen and oxygen atoms in total. The van der Waals surface area contributed by atoms with Gasteiger partial charge in [0.2, 0.25) is 6.43 Å². The van der Waals surface area contributed by atoms with Gasteiger partial charge >= 0.3 is 0 Å². The van der Waals surface area contributed by atoms with Crippen LogP contribution in [0.3, 0.4) is 0 Å². The number of rotatable bonds is 6. The lowest BCUT2D eigenvalue weighted by Crippen LogP contribution is -2.37. The summed E-state index contributed by atoms with van der Waals surface area (Å²) in [7, 11) is 1.54. The summed E-state index contributed by atoms with van der Waals surface area (Å²) in [6.45, 7) is 3.25. The maximum Gasteiger partial charge on any atom is 0.244 e. The van der Waals surface area contributed by atoms with Crippen molar-refractivity contribution >= 4 is 0 Å². The fraction of sp³-hybridized carbons (Fsp3) is 0.571. The van der Waals surface area contributed by atoms with E-state index in [1.165, 1.54) is 14.0 Å². The second kappa shape index (κ2) is 6.14. The summed E-state index contributed by atoms with van der Waals surface area (Å²) in [5, 5.41) is 10.6. The van der Waals surface area contributed by atoms with Crippen molar-refractivity contribution in [1.82, 2.24) is 0 Å². The van der Waals surface area contributed by atoms with E-state index in [2.05, 4.69) is 0 Å². The molecule has 102 valence electrons. The first-order valence-corrected chi connectivity index (χ1v) is 6.10. The number of aliphatic hydroxyl groups is 1. The normalized spacial score (nSPS) is 16.4. The van der Waals surface area contributed by atoms with Crippen LogP contribution in [0.15, 0.2) is 24.3 Å². The molecule has 2 atom stereocenters. The van der Waals surface area contributed by atoms with Gasteiger partial charge in [-0.2, -0.15) is 0 Å². The number of hydrogen-bond acceptors (Lipinski definition) is 2. The molecule has 0 bridgehead atoms. The van der Waals surface area contributed by atoms with E-state index in [1.54, 1.807) is 24.3 Å². The minimum atomic E-state index is -2.55. The molecule has 0 saturated heterocycles. The largest absolute Gasteiger partial charge is 0.497 e. The minimum absolute atomic E-state index is 0.310. The van der Waals surface area contributed by atoms with Crippen LogP contribution >= 0.6 is 0 Å². The molecule has 0 amide bonds. The summed E-state index contributed by atoms with van der Waals surface area (Å²) in [5.74, 6) is -0.465. The highest BCUT2D eigenvalue weighted by Gasteiger charge is 2.39. The van der Waals surface area contributed by atoms with Crippen LogP contribution in [0.5, 0.6) is 5.75 Å². The first kappa shape index (κ1) is 14.9. The Balaban J connectivity index is 3.09. The molecule has 0 aromatic heterocycles. The lowest BCUT2D eigenvalue weighted by atomic mass is 9.79. The predicted octanol–water partition coefficient (Wildman–Crippen LogP) is 3.58. The molecule has 4 heteroatoms. The first-order chi connectivity index (χ1) is 8.45. The van der Waals surface area contributed by atoms with Gasteiger partial charge in [-0.15, -0.1) is 0 Å². The van der Waals surface area contributed by atoms with E-state index in [4.69, 9.17) is 4.74 Å². The smallest absolute Gasteiger partial charge is 0.244 e. The number of ether oxygens (including phenoxy) is 1. The SMILES string of the molecule is CCCC(O)(c1ccc(OC)cc1)C(C)C(F)F.